The van der Waals surface area contributed by atoms with Gasteiger partial charge in [0.05, 0.1) is 12.8 Å². The minimum absolute atomic E-state index is 0.0235. The van der Waals surface area contributed by atoms with E-state index in [1.807, 2.05) is 0 Å². The van der Waals surface area contributed by atoms with Gasteiger partial charge < -0.3 is 14.6 Å². The van der Waals surface area contributed by atoms with Gasteiger partial charge in [0.2, 0.25) is 5.91 Å². The topological polar surface area (TPSA) is 62.6 Å². The van der Waals surface area contributed by atoms with Crippen LogP contribution in [0.25, 0.3) is 0 Å². The molecule has 0 aromatic carbocycles. The lowest BCUT2D eigenvalue weighted by Gasteiger charge is -2.26. The van der Waals surface area contributed by atoms with Gasteiger partial charge in [0.1, 0.15) is 0 Å². The summed E-state index contributed by atoms with van der Waals surface area (Å²) < 4.78 is 4.94. The first-order valence-electron chi connectivity index (χ1n) is 5.87. The zero-order chi connectivity index (χ0) is 12.1. The number of carbonyl (C=O) groups excluding carboxylic acids is 2. The average Bonchev–Trinajstić information content (AvgIpc) is 2.90. The molecule has 0 aliphatic carbocycles. The molecule has 2 amide bonds. The Balaban J connectivity index is 1.77. The molecule has 1 N–H and O–H groups in total. The number of carbonyl (C=O) groups is 2. The highest BCUT2D eigenvalue weighted by Crippen LogP contribution is 2.08. The summed E-state index contributed by atoms with van der Waals surface area (Å²) in [5.74, 6) is -0.138. The maximum Gasteiger partial charge on any atom is 0.287 e. The van der Waals surface area contributed by atoms with Crippen LogP contribution in [0.4, 0.5) is 0 Å². The number of amides is 2. The van der Waals surface area contributed by atoms with E-state index in [1.54, 1.807) is 17.0 Å². The molecule has 1 aliphatic heterocycles. The summed E-state index contributed by atoms with van der Waals surface area (Å²) in [5, 5.41) is 2.56. The number of hydrogen-bond acceptors (Lipinski definition) is 3. The van der Waals surface area contributed by atoms with Crippen molar-refractivity contribution in [3.05, 3.63) is 24.2 Å². The number of furan rings is 1. The highest BCUT2D eigenvalue weighted by atomic mass is 16.3. The molecule has 92 valence electrons. The number of hydrogen-bond donors (Lipinski definition) is 1. The largest absolute Gasteiger partial charge is 0.459 e. The highest BCUT2D eigenvalue weighted by molar-refractivity contribution is 5.94. The first kappa shape index (κ1) is 11.7. The van der Waals surface area contributed by atoms with Crippen molar-refractivity contribution in [2.45, 2.75) is 19.3 Å². The Hall–Kier alpha value is -1.78. The number of piperidine rings is 1. The third-order valence-corrected chi connectivity index (χ3v) is 2.85. The lowest BCUT2D eigenvalue weighted by molar-refractivity contribution is -0.130. The van der Waals surface area contributed by atoms with E-state index in [1.165, 1.54) is 12.7 Å². The molecule has 2 rings (SSSR count). The fourth-order valence-corrected chi connectivity index (χ4v) is 1.91. The molecule has 0 atom stereocenters. The molecule has 17 heavy (non-hydrogen) atoms. The van der Waals surface area contributed by atoms with Gasteiger partial charge in [0, 0.05) is 13.1 Å². The van der Waals surface area contributed by atoms with E-state index in [0.29, 0.717) is 0 Å². The normalized spacial score (nSPS) is 15.6. The van der Waals surface area contributed by atoms with Crippen molar-refractivity contribution in [2.75, 3.05) is 19.6 Å². The summed E-state index contributed by atoms with van der Waals surface area (Å²) in [5.41, 5.74) is 0. The molecule has 0 bridgehead atoms. The fraction of sp³-hybridized carbons (Fsp3) is 0.500. The van der Waals surface area contributed by atoms with Crippen LogP contribution < -0.4 is 5.32 Å². The molecule has 1 fully saturated rings. The Morgan fingerprint density at radius 3 is 2.71 bits per heavy atom. The van der Waals surface area contributed by atoms with Gasteiger partial charge in [0.25, 0.3) is 5.91 Å². The molecule has 0 unspecified atom stereocenters. The quantitative estimate of drug-likeness (QED) is 0.852. The number of rotatable bonds is 3. The Morgan fingerprint density at radius 2 is 2.06 bits per heavy atom. The smallest absolute Gasteiger partial charge is 0.287 e. The number of nitrogens with one attached hydrogen (secondary N) is 1. The molecule has 1 aliphatic rings. The van der Waals surface area contributed by atoms with E-state index in [4.69, 9.17) is 4.42 Å². The predicted octanol–water partition coefficient (Wildman–Crippen LogP) is 1.02. The van der Waals surface area contributed by atoms with Crippen LogP contribution >= 0.6 is 0 Å². The Bertz CT molecular complexity index is 380. The summed E-state index contributed by atoms with van der Waals surface area (Å²) in [6.45, 7) is 1.64. The Kier molecular flexibility index (Phi) is 3.80. The molecule has 5 nitrogen and oxygen atoms in total. The van der Waals surface area contributed by atoms with Gasteiger partial charge in [-0.1, -0.05) is 0 Å². The van der Waals surface area contributed by atoms with Crippen LogP contribution in [-0.2, 0) is 4.79 Å². The summed E-state index contributed by atoms with van der Waals surface area (Å²) in [6.07, 6.45) is 4.72. The van der Waals surface area contributed by atoms with Crippen LogP contribution in [0.15, 0.2) is 22.8 Å². The Morgan fingerprint density at radius 1 is 1.29 bits per heavy atom. The zero-order valence-corrected chi connectivity index (χ0v) is 9.65. The minimum atomic E-state index is -0.347. The lowest BCUT2D eigenvalue weighted by Crippen LogP contribution is -2.42. The second kappa shape index (κ2) is 5.52. The van der Waals surface area contributed by atoms with Crippen LogP contribution in [-0.4, -0.2) is 36.3 Å². The van der Waals surface area contributed by atoms with Gasteiger partial charge in [-0.25, -0.2) is 0 Å². The van der Waals surface area contributed by atoms with Crippen molar-refractivity contribution >= 4 is 11.8 Å². The van der Waals surface area contributed by atoms with Crippen molar-refractivity contribution in [1.29, 1.82) is 0 Å². The van der Waals surface area contributed by atoms with Crippen LogP contribution in [0.3, 0.4) is 0 Å². The van der Waals surface area contributed by atoms with Crippen molar-refractivity contribution in [2.24, 2.45) is 0 Å². The number of likely N-dealkylation sites (tertiary alicyclic amines) is 1. The van der Waals surface area contributed by atoms with Gasteiger partial charge >= 0.3 is 0 Å². The van der Waals surface area contributed by atoms with Crippen molar-refractivity contribution in [3.8, 4) is 0 Å². The van der Waals surface area contributed by atoms with Crippen LogP contribution in [0.2, 0.25) is 0 Å². The molecule has 2 heterocycles. The zero-order valence-electron chi connectivity index (χ0n) is 9.65. The van der Waals surface area contributed by atoms with E-state index in [2.05, 4.69) is 5.32 Å². The molecule has 1 aromatic rings. The Labute approximate surface area is 99.8 Å². The van der Waals surface area contributed by atoms with E-state index in [0.717, 1.165) is 25.9 Å². The molecular formula is C12H16N2O3. The third-order valence-electron chi connectivity index (χ3n) is 2.85. The van der Waals surface area contributed by atoms with Crippen LogP contribution in [0.1, 0.15) is 29.8 Å². The van der Waals surface area contributed by atoms with Crippen molar-refractivity contribution in [3.63, 3.8) is 0 Å². The molecule has 1 saturated heterocycles. The molecule has 0 saturated carbocycles. The molecular weight excluding hydrogens is 220 g/mol. The SMILES string of the molecule is O=C(NCC(=O)N1CCCCC1)c1ccco1. The second-order valence-corrected chi connectivity index (χ2v) is 4.10. The van der Waals surface area contributed by atoms with Gasteiger partial charge in [-0.3, -0.25) is 9.59 Å². The van der Waals surface area contributed by atoms with E-state index in [-0.39, 0.29) is 24.1 Å². The van der Waals surface area contributed by atoms with E-state index < -0.39 is 0 Å². The molecule has 0 spiro atoms. The standard InChI is InChI=1S/C12H16N2O3/c15-11(14-6-2-1-3-7-14)9-13-12(16)10-5-4-8-17-10/h4-5,8H,1-3,6-7,9H2,(H,13,16). The minimum Gasteiger partial charge on any atom is -0.459 e. The fourth-order valence-electron chi connectivity index (χ4n) is 1.91. The first-order valence-corrected chi connectivity index (χ1v) is 5.87. The van der Waals surface area contributed by atoms with Crippen LogP contribution in [0.5, 0.6) is 0 Å². The van der Waals surface area contributed by atoms with E-state index >= 15 is 0 Å². The van der Waals surface area contributed by atoms with Gasteiger partial charge in [-0.2, -0.15) is 0 Å². The monoisotopic (exact) mass is 236 g/mol. The predicted molar refractivity (Wildman–Crippen MR) is 61.5 cm³/mol. The first-order chi connectivity index (χ1) is 8.27. The van der Waals surface area contributed by atoms with Gasteiger partial charge in [-0.05, 0) is 31.4 Å². The van der Waals surface area contributed by atoms with Gasteiger partial charge in [-0.15, -0.1) is 0 Å². The number of nitrogens with zero attached hydrogens (tertiary/aromatic N) is 1. The maximum atomic E-state index is 11.8. The summed E-state index contributed by atoms with van der Waals surface area (Å²) in [7, 11) is 0. The second-order valence-electron chi connectivity index (χ2n) is 4.10. The summed E-state index contributed by atoms with van der Waals surface area (Å²) in [4.78, 5) is 25.1. The molecule has 0 radical (unpaired) electrons. The summed E-state index contributed by atoms with van der Waals surface area (Å²) in [6, 6.07) is 3.21. The summed E-state index contributed by atoms with van der Waals surface area (Å²) >= 11 is 0. The lowest BCUT2D eigenvalue weighted by atomic mass is 10.1. The average molecular weight is 236 g/mol. The van der Waals surface area contributed by atoms with E-state index in [9.17, 15) is 9.59 Å². The highest BCUT2D eigenvalue weighted by Gasteiger charge is 2.17. The van der Waals surface area contributed by atoms with Crippen molar-refractivity contribution in [1.82, 2.24) is 10.2 Å². The third kappa shape index (κ3) is 3.09. The molecule has 1 aromatic heterocycles. The van der Waals surface area contributed by atoms with Gasteiger partial charge in [0.15, 0.2) is 5.76 Å². The van der Waals surface area contributed by atoms with Crippen LogP contribution in [0, 0.1) is 0 Å². The van der Waals surface area contributed by atoms with Crippen molar-refractivity contribution < 1.29 is 14.0 Å². The maximum absolute atomic E-state index is 11.8. The molecule has 5 heteroatoms.